The van der Waals surface area contributed by atoms with Gasteiger partial charge in [0.15, 0.2) is 0 Å². The first kappa shape index (κ1) is 19.8. The Balaban J connectivity index is 1.52. The van der Waals surface area contributed by atoms with Crippen molar-refractivity contribution < 1.29 is 18.0 Å². The van der Waals surface area contributed by atoms with Gasteiger partial charge >= 0.3 is 6.18 Å². The Labute approximate surface area is 169 Å². The van der Waals surface area contributed by atoms with Crippen LogP contribution in [0, 0.1) is 0 Å². The molecule has 3 aromatic rings. The van der Waals surface area contributed by atoms with E-state index in [2.05, 4.69) is 15.0 Å². The summed E-state index contributed by atoms with van der Waals surface area (Å²) in [6, 6.07) is 3.49. The van der Waals surface area contributed by atoms with Gasteiger partial charge in [-0.3, -0.25) is 9.20 Å². The number of halogens is 4. The number of nitrogens with one attached hydrogen (secondary N) is 1. The van der Waals surface area contributed by atoms with Crippen LogP contribution in [-0.4, -0.2) is 43.2 Å². The molecule has 0 unspecified atom stereocenters. The largest absolute Gasteiger partial charge is 0.432 e. The Morgan fingerprint density at radius 1 is 1.31 bits per heavy atom. The van der Waals surface area contributed by atoms with Gasteiger partial charge in [-0.2, -0.15) is 13.2 Å². The zero-order chi connectivity index (χ0) is 20.8. The predicted octanol–water partition coefficient (Wildman–Crippen LogP) is 4.31. The third-order valence-electron chi connectivity index (χ3n) is 5.26. The van der Waals surface area contributed by atoms with E-state index < -0.39 is 11.9 Å². The normalized spacial score (nSPS) is 16.0. The molecular weight excluding hydrogens is 407 g/mol. The third-order valence-corrected chi connectivity index (χ3v) is 5.49. The number of alkyl halides is 3. The molecule has 29 heavy (non-hydrogen) atoms. The van der Waals surface area contributed by atoms with Gasteiger partial charge in [0.2, 0.25) is 0 Å². The second kappa shape index (κ2) is 7.37. The number of hydrogen-bond acceptors (Lipinski definition) is 3. The summed E-state index contributed by atoms with van der Waals surface area (Å²) in [6.07, 6.45) is -0.273. The highest BCUT2D eigenvalue weighted by Crippen LogP contribution is 2.32. The van der Waals surface area contributed by atoms with Crippen molar-refractivity contribution >= 4 is 23.2 Å². The number of piperidine rings is 1. The molecule has 0 aliphatic carbocycles. The smallest absolute Gasteiger partial charge is 0.338 e. The van der Waals surface area contributed by atoms with Crippen LogP contribution >= 0.6 is 11.6 Å². The lowest BCUT2D eigenvalue weighted by molar-refractivity contribution is -0.141. The van der Waals surface area contributed by atoms with Crippen molar-refractivity contribution in [3.05, 3.63) is 52.5 Å². The summed E-state index contributed by atoms with van der Waals surface area (Å²) in [7, 11) is 0. The number of aromatic amines is 1. The molecule has 0 spiro atoms. The molecule has 0 bridgehead atoms. The molecule has 1 saturated heterocycles. The molecule has 6 nitrogen and oxygen atoms in total. The molecule has 3 aromatic heterocycles. The fourth-order valence-electron chi connectivity index (χ4n) is 3.73. The number of imidazole rings is 2. The molecule has 154 valence electrons. The van der Waals surface area contributed by atoms with Crippen molar-refractivity contribution in [1.29, 1.82) is 0 Å². The number of nitrogens with zero attached hydrogens (tertiary/aromatic N) is 4. The van der Waals surface area contributed by atoms with Crippen LogP contribution in [0.15, 0.2) is 24.5 Å². The fraction of sp³-hybridized carbons (Fsp3) is 0.421. The number of aryl methyl sites for hydroxylation is 1. The van der Waals surface area contributed by atoms with E-state index in [1.54, 1.807) is 27.6 Å². The summed E-state index contributed by atoms with van der Waals surface area (Å²) < 4.78 is 40.0. The monoisotopic (exact) mass is 425 g/mol. The maximum atomic E-state index is 13.2. The molecule has 1 amide bonds. The highest BCUT2D eigenvalue weighted by molar-refractivity contribution is 6.30. The summed E-state index contributed by atoms with van der Waals surface area (Å²) in [5, 5.41) is 0.503. The number of hydrogen-bond donors (Lipinski definition) is 1. The SMILES string of the molecule is CCc1nc2ccc(Cl)cn2c1C(=O)N1CCC(c2ncc(C(F)(F)F)[nH]2)CC1. The topological polar surface area (TPSA) is 66.3 Å². The van der Waals surface area contributed by atoms with E-state index in [1.165, 1.54) is 0 Å². The zero-order valence-electron chi connectivity index (χ0n) is 15.6. The third kappa shape index (κ3) is 3.71. The number of carbonyl (C=O) groups excluding carboxylic acids is 1. The molecule has 0 aromatic carbocycles. The number of amides is 1. The van der Waals surface area contributed by atoms with Gasteiger partial charge in [-0.15, -0.1) is 0 Å². The van der Waals surface area contributed by atoms with E-state index in [-0.39, 0.29) is 11.8 Å². The average Bonchev–Trinajstić information content (AvgIpc) is 3.32. The number of rotatable bonds is 3. The average molecular weight is 426 g/mol. The number of fused-ring (bicyclic) bond motifs is 1. The van der Waals surface area contributed by atoms with Crippen LogP contribution in [0.1, 0.15) is 53.4 Å². The van der Waals surface area contributed by atoms with E-state index in [0.717, 1.165) is 6.20 Å². The molecule has 4 rings (SSSR count). The Kier molecular flexibility index (Phi) is 5.02. The van der Waals surface area contributed by atoms with Crippen molar-refractivity contribution in [2.45, 2.75) is 38.3 Å². The molecule has 4 heterocycles. The quantitative estimate of drug-likeness (QED) is 0.680. The summed E-state index contributed by atoms with van der Waals surface area (Å²) in [4.78, 5) is 25.7. The molecule has 0 radical (unpaired) electrons. The maximum Gasteiger partial charge on any atom is 0.432 e. The summed E-state index contributed by atoms with van der Waals surface area (Å²) in [5.74, 6) is 0.0307. The number of aromatic nitrogens is 4. The van der Waals surface area contributed by atoms with Gasteiger partial charge in [0.1, 0.15) is 22.9 Å². The number of likely N-dealkylation sites (tertiary alicyclic amines) is 1. The molecular formula is C19H19ClF3N5O. The highest BCUT2D eigenvalue weighted by atomic mass is 35.5. The highest BCUT2D eigenvalue weighted by Gasteiger charge is 2.35. The first-order chi connectivity index (χ1) is 13.8. The summed E-state index contributed by atoms with van der Waals surface area (Å²) in [6.45, 7) is 2.80. The van der Waals surface area contributed by atoms with Crippen LogP contribution in [0.25, 0.3) is 5.65 Å². The van der Waals surface area contributed by atoms with E-state index in [4.69, 9.17) is 11.6 Å². The van der Waals surface area contributed by atoms with Crippen LogP contribution in [0.3, 0.4) is 0 Å². The van der Waals surface area contributed by atoms with Gasteiger partial charge in [0.05, 0.1) is 16.9 Å². The second-order valence-electron chi connectivity index (χ2n) is 7.08. The van der Waals surface area contributed by atoms with E-state index in [0.29, 0.717) is 60.2 Å². The van der Waals surface area contributed by atoms with Crippen LogP contribution in [0.2, 0.25) is 5.02 Å². The fourth-order valence-corrected chi connectivity index (χ4v) is 3.89. The zero-order valence-corrected chi connectivity index (χ0v) is 16.4. The first-order valence-electron chi connectivity index (χ1n) is 9.35. The van der Waals surface area contributed by atoms with Crippen molar-refractivity contribution in [2.24, 2.45) is 0 Å². The molecule has 1 aliphatic rings. The predicted molar refractivity (Wildman–Crippen MR) is 101 cm³/mol. The molecule has 0 atom stereocenters. The van der Waals surface area contributed by atoms with E-state index in [9.17, 15) is 18.0 Å². The Hall–Kier alpha value is -2.55. The summed E-state index contributed by atoms with van der Waals surface area (Å²) in [5.41, 5.74) is 0.988. The van der Waals surface area contributed by atoms with Crippen LogP contribution in [0.4, 0.5) is 13.2 Å². The van der Waals surface area contributed by atoms with E-state index >= 15 is 0 Å². The maximum absolute atomic E-state index is 13.2. The van der Waals surface area contributed by atoms with Crippen LogP contribution in [-0.2, 0) is 12.6 Å². The number of carbonyl (C=O) groups is 1. The Bertz CT molecular complexity index is 1050. The molecule has 10 heteroatoms. The number of H-pyrrole nitrogens is 1. The standard InChI is InChI=1S/C19H19ClF3N5O/c1-2-13-16(28-10-12(20)3-4-15(28)25-13)18(29)27-7-5-11(6-8-27)17-24-9-14(26-17)19(21,22)23/h3-4,9-11H,2,5-8H2,1H3,(H,24,26). The second-order valence-corrected chi connectivity index (χ2v) is 7.52. The first-order valence-corrected chi connectivity index (χ1v) is 9.73. The van der Waals surface area contributed by atoms with Crippen LogP contribution in [0.5, 0.6) is 0 Å². The van der Waals surface area contributed by atoms with Gasteiger partial charge in [0, 0.05) is 25.2 Å². The van der Waals surface area contributed by atoms with Crippen LogP contribution < -0.4 is 0 Å². The van der Waals surface area contributed by atoms with Crippen molar-refractivity contribution in [3.8, 4) is 0 Å². The minimum atomic E-state index is -4.44. The van der Waals surface area contributed by atoms with Crippen molar-refractivity contribution in [1.82, 2.24) is 24.3 Å². The molecule has 1 N–H and O–H groups in total. The van der Waals surface area contributed by atoms with Gasteiger partial charge in [-0.25, -0.2) is 9.97 Å². The van der Waals surface area contributed by atoms with Gasteiger partial charge in [-0.05, 0) is 31.4 Å². The minimum absolute atomic E-state index is 0.141. The Morgan fingerprint density at radius 2 is 2.03 bits per heavy atom. The van der Waals surface area contributed by atoms with Gasteiger partial charge in [0.25, 0.3) is 5.91 Å². The Morgan fingerprint density at radius 3 is 2.66 bits per heavy atom. The summed E-state index contributed by atoms with van der Waals surface area (Å²) >= 11 is 6.09. The number of pyridine rings is 1. The van der Waals surface area contributed by atoms with Gasteiger partial charge in [-0.1, -0.05) is 18.5 Å². The minimum Gasteiger partial charge on any atom is -0.338 e. The van der Waals surface area contributed by atoms with Crippen molar-refractivity contribution in [2.75, 3.05) is 13.1 Å². The van der Waals surface area contributed by atoms with Crippen molar-refractivity contribution in [3.63, 3.8) is 0 Å². The lowest BCUT2D eigenvalue weighted by Crippen LogP contribution is -2.39. The molecule has 0 saturated carbocycles. The lowest BCUT2D eigenvalue weighted by Gasteiger charge is -2.31. The van der Waals surface area contributed by atoms with E-state index in [1.807, 2.05) is 6.92 Å². The lowest BCUT2D eigenvalue weighted by atomic mass is 9.96. The molecule has 1 aliphatic heterocycles. The van der Waals surface area contributed by atoms with Gasteiger partial charge < -0.3 is 9.88 Å². The molecule has 1 fully saturated rings.